The first-order valence-electron chi connectivity index (χ1n) is 5.84. The van der Waals surface area contributed by atoms with Gasteiger partial charge in [-0.15, -0.1) is 0 Å². The van der Waals surface area contributed by atoms with Crippen molar-refractivity contribution < 1.29 is 0 Å². The molecule has 0 aliphatic heterocycles. The zero-order valence-electron chi connectivity index (χ0n) is 9.66. The van der Waals surface area contributed by atoms with Gasteiger partial charge in [0.1, 0.15) is 5.52 Å². The topological polar surface area (TPSA) is 37.8 Å². The monoisotopic (exact) mass is 216 g/mol. The van der Waals surface area contributed by atoms with Gasteiger partial charge in [0.2, 0.25) is 0 Å². The second-order valence-electron chi connectivity index (χ2n) is 5.03. The van der Waals surface area contributed by atoms with Crippen molar-refractivity contribution in [2.45, 2.75) is 26.8 Å². The molecule has 1 saturated carbocycles. The first kappa shape index (κ1) is 9.70. The molecule has 0 amide bonds. The van der Waals surface area contributed by atoms with E-state index in [0.717, 1.165) is 35.0 Å². The third-order valence-electron chi connectivity index (χ3n) is 3.60. The molecule has 2 aromatic heterocycles. The van der Waals surface area contributed by atoms with Gasteiger partial charge >= 0.3 is 0 Å². The van der Waals surface area contributed by atoms with Crippen molar-refractivity contribution in [3.63, 3.8) is 0 Å². The number of aryl methyl sites for hydroxylation is 1. The molecule has 0 bridgehead atoms. The fourth-order valence-electron chi connectivity index (χ4n) is 2.43. The van der Waals surface area contributed by atoms with Gasteiger partial charge < -0.3 is 9.55 Å². The normalized spacial score (nSPS) is 23.9. The Balaban J connectivity index is 2.09. The molecule has 1 aliphatic rings. The van der Waals surface area contributed by atoms with Crippen LogP contribution in [0.3, 0.4) is 0 Å². The molecule has 16 heavy (non-hydrogen) atoms. The Kier molecular flexibility index (Phi) is 1.96. The maximum absolute atomic E-state index is 11.9. The van der Waals surface area contributed by atoms with E-state index < -0.39 is 0 Å². The van der Waals surface area contributed by atoms with Crippen LogP contribution in [-0.2, 0) is 6.54 Å². The van der Waals surface area contributed by atoms with E-state index >= 15 is 0 Å². The van der Waals surface area contributed by atoms with Crippen LogP contribution in [-0.4, -0.2) is 9.55 Å². The summed E-state index contributed by atoms with van der Waals surface area (Å²) in [4.78, 5) is 14.8. The van der Waals surface area contributed by atoms with Crippen LogP contribution in [0, 0.1) is 18.8 Å². The van der Waals surface area contributed by atoms with Crippen molar-refractivity contribution in [2.24, 2.45) is 11.8 Å². The molecule has 2 aromatic rings. The Morgan fingerprint density at radius 2 is 2.31 bits per heavy atom. The second-order valence-corrected chi connectivity index (χ2v) is 5.03. The number of aromatic amines is 1. The maximum atomic E-state index is 11.9. The molecule has 3 nitrogen and oxygen atoms in total. The van der Waals surface area contributed by atoms with Gasteiger partial charge in [0.15, 0.2) is 0 Å². The largest absolute Gasteiger partial charge is 0.343 e. The van der Waals surface area contributed by atoms with Crippen LogP contribution in [0.2, 0.25) is 0 Å². The highest BCUT2D eigenvalue weighted by atomic mass is 16.1. The summed E-state index contributed by atoms with van der Waals surface area (Å²) in [6, 6.07) is 4.06. The molecule has 3 heteroatoms. The van der Waals surface area contributed by atoms with Gasteiger partial charge in [-0.25, -0.2) is 0 Å². The summed E-state index contributed by atoms with van der Waals surface area (Å²) in [5.41, 5.74) is 1.79. The molecule has 0 aromatic carbocycles. The van der Waals surface area contributed by atoms with Crippen LogP contribution in [0.5, 0.6) is 0 Å². The van der Waals surface area contributed by atoms with Gasteiger partial charge in [-0.2, -0.15) is 0 Å². The summed E-state index contributed by atoms with van der Waals surface area (Å²) in [5, 5.41) is 1.05. The third-order valence-corrected chi connectivity index (χ3v) is 3.60. The van der Waals surface area contributed by atoms with E-state index in [9.17, 15) is 4.79 Å². The van der Waals surface area contributed by atoms with Crippen LogP contribution in [0.25, 0.3) is 10.9 Å². The summed E-state index contributed by atoms with van der Waals surface area (Å²) in [5.74, 6) is 1.58. The van der Waals surface area contributed by atoms with Gasteiger partial charge in [0, 0.05) is 23.8 Å². The standard InChI is InChI=1S/C13H16N2O/c1-8-5-11(8)7-15-4-3-10-6-9(2)14-13(16)12(10)15/h3-4,6,8,11H,5,7H2,1-2H3,(H,14,16). The van der Waals surface area contributed by atoms with E-state index in [2.05, 4.69) is 16.5 Å². The summed E-state index contributed by atoms with van der Waals surface area (Å²) in [6.45, 7) is 5.17. The number of hydrogen-bond acceptors (Lipinski definition) is 1. The average Bonchev–Trinajstić information content (AvgIpc) is 2.73. The molecule has 1 fully saturated rings. The second kappa shape index (κ2) is 3.24. The molecule has 0 radical (unpaired) electrons. The van der Waals surface area contributed by atoms with Gasteiger partial charge in [-0.1, -0.05) is 6.92 Å². The van der Waals surface area contributed by atoms with E-state index in [0.29, 0.717) is 0 Å². The SMILES string of the molecule is Cc1cc2ccn(CC3CC3C)c2c(=O)[nH]1. The van der Waals surface area contributed by atoms with Crippen molar-refractivity contribution in [1.29, 1.82) is 0 Å². The third kappa shape index (κ3) is 1.47. The van der Waals surface area contributed by atoms with E-state index in [4.69, 9.17) is 0 Å². The van der Waals surface area contributed by atoms with Crippen molar-refractivity contribution >= 4 is 10.9 Å². The Morgan fingerprint density at radius 3 is 3.00 bits per heavy atom. The van der Waals surface area contributed by atoms with Gasteiger partial charge in [0.05, 0.1) is 0 Å². The minimum absolute atomic E-state index is 0.0355. The number of H-pyrrole nitrogens is 1. The Hall–Kier alpha value is -1.51. The Morgan fingerprint density at radius 1 is 1.56 bits per heavy atom. The molecule has 2 unspecified atom stereocenters. The molecule has 0 saturated heterocycles. The lowest BCUT2D eigenvalue weighted by atomic mass is 10.2. The molecule has 2 heterocycles. The van der Waals surface area contributed by atoms with Crippen LogP contribution in [0.1, 0.15) is 19.0 Å². The maximum Gasteiger partial charge on any atom is 0.272 e. The average molecular weight is 216 g/mol. The minimum Gasteiger partial charge on any atom is -0.343 e. The molecule has 84 valence electrons. The highest BCUT2D eigenvalue weighted by molar-refractivity contribution is 5.79. The van der Waals surface area contributed by atoms with Crippen LogP contribution in [0.4, 0.5) is 0 Å². The van der Waals surface area contributed by atoms with Gasteiger partial charge in [0.25, 0.3) is 5.56 Å². The van der Waals surface area contributed by atoms with Gasteiger partial charge in [-0.05, 0) is 37.3 Å². The highest BCUT2D eigenvalue weighted by Crippen LogP contribution is 2.39. The molecule has 0 spiro atoms. The number of hydrogen-bond donors (Lipinski definition) is 1. The zero-order valence-corrected chi connectivity index (χ0v) is 9.66. The van der Waals surface area contributed by atoms with Crippen LogP contribution >= 0.6 is 0 Å². The predicted octanol–water partition coefficient (Wildman–Crippen LogP) is 2.29. The smallest absolute Gasteiger partial charge is 0.272 e. The molecule has 1 aliphatic carbocycles. The fourth-order valence-corrected chi connectivity index (χ4v) is 2.43. The molecular weight excluding hydrogens is 200 g/mol. The number of aromatic nitrogens is 2. The summed E-state index contributed by atoms with van der Waals surface area (Å²) >= 11 is 0. The summed E-state index contributed by atoms with van der Waals surface area (Å²) < 4.78 is 2.10. The van der Waals surface area contributed by atoms with Crippen molar-refractivity contribution in [3.8, 4) is 0 Å². The van der Waals surface area contributed by atoms with E-state index in [1.807, 2.05) is 25.3 Å². The summed E-state index contributed by atoms with van der Waals surface area (Å²) in [6.07, 6.45) is 3.33. The van der Waals surface area contributed by atoms with Crippen molar-refractivity contribution in [2.75, 3.05) is 0 Å². The van der Waals surface area contributed by atoms with Gasteiger partial charge in [-0.3, -0.25) is 4.79 Å². The van der Waals surface area contributed by atoms with Crippen LogP contribution in [0.15, 0.2) is 23.1 Å². The fraction of sp³-hybridized carbons (Fsp3) is 0.462. The Labute approximate surface area is 94.1 Å². The Bertz CT molecular complexity index is 593. The first-order chi connectivity index (χ1) is 7.65. The number of nitrogens with one attached hydrogen (secondary N) is 1. The molecular formula is C13H16N2O. The quantitative estimate of drug-likeness (QED) is 0.821. The molecule has 2 atom stereocenters. The van der Waals surface area contributed by atoms with Crippen LogP contribution < -0.4 is 5.56 Å². The lowest BCUT2D eigenvalue weighted by molar-refractivity contribution is 0.608. The first-order valence-corrected chi connectivity index (χ1v) is 5.84. The zero-order chi connectivity index (χ0) is 11.3. The number of nitrogens with zero attached hydrogens (tertiary/aromatic N) is 1. The predicted molar refractivity (Wildman–Crippen MR) is 64.6 cm³/mol. The minimum atomic E-state index is 0.0355. The number of pyridine rings is 1. The lowest BCUT2D eigenvalue weighted by Gasteiger charge is -2.03. The number of fused-ring (bicyclic) bond motifs is 1. The van der Waals surface area contributed by atoms with E-state index in [-0.39, 0.29) is 5.56 Å². The van der Waals surface area contributed by atoms with E-state index in [1.165, 1.54) is 6.42 Å². The molecule has 3 rings (SSSR count). The lowest BCUT2D eigenvalue weighted by Crippen LogP contribution is -2.12. The highest BCUT2D eigenvalue weighted by Gasteiger charge is 2.32. The number of rotatable bonds is 2. The van der Waals surface area contributed by atoms with Crippen molar-refractivity contribution in [1.82, 2.24) is 9.55 Å². The van der Waals surface area contributed by atoms with Crippen molar-refractivity contribution in [3.05, 3.63) is 34.4 Å². The molecule has 1 N–H and O–H groups in total. The van der Waals surface area contributed by atoms with E-state index in [1.54, 1.807) is 0 Å². The summed E-state index contributed by atoms with van der Waals surface area (Å²) in [7, 11) is 0.